The maximum absolute atomic E-state index is 12.2. The van der Waals surface area contributed by atoms with E-state index in [9.17, 15) is 8.42 Å². The van der Waals surface area contributed by atoms with Crippen LogP contribution < -0.4 is 10.5 Å². The molecule has 0 saturated heterocycles. The molecule has 0 fully saturated rings. The van der Waals surface area contributed by atoms with Crippen LogP contribution in [0.2, 0.25) is 5.02 Å². The third-order valence-corrected chi connectivity index (χ3v) is 4.25. The Bertz CT molecular complexity index is 548. The fourth-order valence-corrected chi connectivity index (χ4v) is 3.11. The molecule has 0 aromatic heterocycles. The van der Waals surface area contributed by atoms with E-state index in [0.29, 0.717) is 17.1 Å². The molecule has 0 amide bonds. The molecule has 0 aliphatic heterocycles. The number of rotatable bonds is 3. The maximum Gasteiger partial charge on any atom is 0.240 e. The summed E-state index contributed by atoms with van der Waals surface area (Å²) in [5, 5.41) is 0.363. The van der Waals surface area contributed by atoms with Crippen molar-refractivity contribution >= 4 is 27.3 Å². The van der Waals surface area contributed by atoms with Crippen molar-refractivity contribution in [1.29, 1.82) is 0 Å². The summed E-state index contributed by atoms with van der Waals surface area (Å²) < 4.78 is 26.9. The minimum atomic E-state index is -3.55. The maximum atomic E-state index is 12.2. The van der Waals surface area contributed by atoms with Crippen LogP contribution in [0, 0.1) is 12.3 Å². The highest BCUT2D eigenvalue weighted by molar-refractivity contribution is 7.89. The lowest BCUT2D eigenvalue weighted by molar-refractivity contribution is 0.407. The Hall–Kier alpha value is -0.780. The van der Waals surface area contributed by atoms with E-state index in [-0.39, 0.29) is 16.0 Å². The van der Waals surface area contributed by atoms with Gasteiger partial charge >= 0.3 is 0 Å². The average molecular weight is 291 g/mol. The van der Waals surface area contributed by atoms with Crippen LogP contribution in [0.1, 0.15) is 26.3 Å². The van der Waals surface area contributed by atoms with Crippen LogP contribution in [-0.2, 0) is 10.0 Å². The zero-order chi connectivity index (χ0) is 14.1. The highest BCUT2D eigenvalue weighted by Gasteiger charge is 2.21. The average Bonchev–Trinajstić information content (AvgIpc) is 2.19. The second-order valence-corrected chi connectivity index (χ2v) is 7.67. The molecule has 6 heteroatoms. The first-order chi connectivity index (χ1) is 8.03. The summed E-state index contributed by atoms with van der Waals surface area (Å²) in [5.74, 6) is 0. The molecule has 102 valence electrons. The van der Waals surface area contributed by atoms with Gasteiger partial charge in [0.05, 0.1) is 15.6 Å². The fraction of sp³-hybridized carbons (Fsp3) is 0.500. The van der Waals surface area contributed by atoms with Gasteiger partial charge in [0.2, 0.25) is 10.0 Å². The molecular weight excluding hydrogens is 272 g/mol. The van der Waals surface area contributed by atoms with Gasteiger partial charge in [0, 0.05) is 6.54 Å². The Morgan fingerprint density at radius 1 is 1.33 bits per heavy atom. The Morgan fingerprint density at radius 3 is 2.39 bits per heavy atom. The van der Waals surface area contributed by atoms with Gasteiger partial charge in [0.1, 0.15) is 0 Å². The quantitative estimate of drug-likeness (QED) is 0.840. The Labute approximate surface area is 114 Å². The van der Waals surface area contributed by atoms with Gasteiger partial charge < -0.3 is 5.73 Å². The first kappa shape index (κ1) is 15.3. The van der Waals surface area contributed by atoms with Crippen molar-refractivity contribution in [2.24, 2.45) is 5.41 Å². The molecule has 18 heavy (non-hydrogen) atoms. The largest absolute Gasteiger partial charge is 0.397 e. The molecule has 3 N–H and O–H groups in total. The summed E-state index contributed by atoms with van der Waals surface area (Å²) in [4.78, 5) is 0.175. The van der Waals surface area contributed by atoms with Crippen LogP contribution in [0.25, 0.3) is 0 Å². The summed E-state index contributed by atoms with van der Waals surface area (Å²) in [6.45, 7) is 7.92. The van der Waals surface area contributed by atoms with E-state index in [1.807, 2.05) is 20.8 Å². The monoisotopic (exact) mass is 290 g/mol. The van der Waals surface area contributed by atoms with Gasteiger partial charge in [-0.3, -0.25) is 0 Å². The van der Waals surface area contributed by atoms with E-state index in [0.717, 1.165) is 0 Å². The Kier molecular flexibility index (Phi) is 4.30. The van der Waals surface area contributed by atoms with E-state index in [1.165, 1.54) is 6.07 Å². The summed E-state index contributed by atoms with van der Waals surface area (Å²) in [5.41, 5.74) is 6.36. The van der Waals surface area contributed by atoms with E-state index in [4.69, 9.17) is 17.3 Å². The molecule has 0 saturated carbocycles. The number of anilines is 1. The highest BCUT2D eigenvalue weighted by atomic mass is 35.5. The van der Waals surface area contributed by atoms with Gasteiger partial charge in [-0.25, -0.2) is 13.1 Å². The van der Waals surface area contributed by atoms with Crippen molar-refractivity contribution in [1.82, 2.24) is 4.72 Å². The molecule has 0 radical (unpaired) electrons. The van der Waals surface area contributed by atoms with Crippen LogP contribution in [0.5, 0.6) is 0 Å². The lowest BCUT2D eigenvalue weighted by Gasteiger charge is -2.19. The topological polar surface area (TPSA) is 72.2 Å². The molecule has 0 unspecified atom stereocenters. The lowest BCUT2D eigenvalue weighted by atomic mass is 9.98. The SMILES string of the molecule is Cc1cc(Cl)c(N)cc1S(=O)(=O)NCC(C)(C)C. The summed E-state index contributed by atoms with van der Waals surface area (Å²) >= 11 is 5.85. The third-order valence-electron chi connectivity index (χ3n) is 2.38. The second kappa shape index (κ2) is 5.07. The number of halogens is 1. The molecule has 1 rings (SSSR count). The molecule has 4 nitrogen and oxygen atoms in total. The predicted molar refractivity (Wildman–Crippen MR) is 75.2 cm³/mol. The standard InChI is InChI=1S/C12H19ClN2O2S/c1-8-5-9(13)10(14)6-11(8)18(16,17)15-7-12(2,3)4/h5-6,15H,7,14H2,1-4H3. The normalized spacial score (nSPS) is 12.7. The van der Waals surface area contributed by atoms with Crippen LogP contribution in [0.15, 0.2) is 17.0 Å². The zero-order valence-electron chi connectivity index (χ0n) is 11.0. The Morgan fingerprint density at radius 2 is 1.89 bits per heavy atom. The van der Waals surface area contributed by atoms with E-state index < -0.39 is 10.0 Å². The van der Waals surface area contributed by atoms with E-state index in [1.54, 1.807) is 13.0 Å². The summed E-state index contributed by atoms with van der Waals surface area (Å²) in [6.07, 6.45) is 0. The minimum absolute atomic E-state index is 0.126. The number of nitrogen functional groups attached to an aromatic ring is 1. The van der Waals surface area contributed by atoms with Crippen molar-refractivity contribution in [2.75, 3.05) is 12.3 Å². The van der Waals surface area contributed by atoms with Crippen molar-refractivity contribution in [3.05, 3.63) is 22.7 Å². The number of hydrogen-bond donors (Lipinski definition) is 2. The Balaban J connectivity index is 3.10. The van der Waals surface area contributed by atoms with Crippen molar-refractivity contribution in [2.45, 2.75) is 32.6 Å². The van der Waals surface area contributed by atoms with Crippen LogP contribution in [-0.4, -0.2) is 15.0 Å². The summed E-state index contributed by atoms with van der Waals surface area (Å²) in [6, 6.07) is 2.95. The number of nitrogens with two attached hydrogens (primary N) is 1. The third kappa shape index (κ3) is 3.86. The van der Waals surface area contributed by atoms with Crippen molar-refractivity contribution < 1.29 is 8.42 Å². The minimum Gasteiger partial charge on any atom is -0.397 e. The molecule has 0 spiro atoms. The smallest absolute Gasteiger partial charge is 0.240 e. The van der Waals surface area contributed by atoms with Gasteiger partial charge in [-0.05, 0) is 30.0 Å². The zero-order valence-corrected chi connectivity index (χ0v) is 12.6. The number of sulfonamides is 1. The lowest BCUT2D eigenvalue weighted by Crippen LogP contribution is -2.32. The van der Waals surface area contributed by atoms with Crippen molar-refractivity contribution in [3.8, 4) is 0 Å². The van der Waals surface area contributed by atoms with E-state index in [2.05, 4.69) is 4.72 Å². The van der Waals surface area contributed by atoms with Gasteiger partial charge in [0.25, 0.3) is 0 Å². The van der Waals surface area contributed by atoms with Gasteiger partial charge in [0.15, 0.2) is 0 Å². The van der Waals surface area contributed by atoms with Crippen LogP contribution >= 0.6 is 11.6 Å². The van der Waals surface area contributed by atoms with Crippen LogP contribution in [0.3, 0.4) is 0 Å². The van der Waals surface area contributed by atoms with Gasteiger partial charge in [-0.1, -0.05) is 32.4 Å². The molecule has 0 aliphatic carbocycles. The molecule has 1 aromatic carbocycles. The molecule has 0 atom stereocenters. The number of benzene rings is 1. The molecular formula is C12H19ClN2O2S. The second-order valence-electron chi connectivity index (χ2n) is 5.52. The molecule has 0 heterocycles. The van der Waals surface area contributed by atoms with Crippen LogP contribution in [0.4, 0.5) is 5.69 Å². The number of hydrogen-bond acceptors (Lipinski definition) is 3. The fourth-order valence-electron chi connectivity index (χ4n) is 1.35. The molecule has 0 aliphatic rings. The first-order valence-corrected chi connectivity index (χ1v) is 7.44. The van der Waals surface area contributed by atoms with Crippen molar-refractivity contribution in [3.63, 3.8) is 0 Å². The first-order valence-electron chi connectivity index (χ1n) is 5.58. The summed E-state index contributed by atoms with van der Waals surface area (Å²) in [7, 11) is -3.55. The van der Waals surface area contributed by atoms with Gasteiger partial charge in [-0.15, -0.1) is 0 Å². The van der Waals surface area contributed by atoms with E-state index >= 15 is 0 Å². The highest BCUT2D eigenvalue weighted by Crippen LogP contribution is 2.26. The predicted octanol–water partition coefficient (Wildman–Crippen LogP) is 2.56. The number of nitrogens with one attached hydrogen (secondary N) is 1. The number of aryl methyl sites for hydroxylation is 1. The van der Waals surface area contributed by atoms with Gasteiger partial charge in [-0.2, -0.15) is 0 Å². The molecule has 0 bridgehead atoms. The molecule has 1 aromatic rings.